The van der Waals surface area contributed by atoms with E-state index in [9.17, 15) is 4.79 Å². The summed E-state index contributed by atoms with van der Waals surface area (Å²) in [5.74, 6) is 0.0703. The van der Waals surface area contributed by atoms with Crippen LogP contribution in [0.25, 0.3) is 0 Å². The molecule has 0 saturated heterocycles. The van der Waals surface area contributed by atoms with Gasteiger partial charge >= 0.3 is 0 Å². The number of methoxy groups -OCH3 is 2. The molecule has 2 unspecified atom stereocenters. The molecule has 0 aromatic carbocycles. The Morgan fingerprint density at radius 1 is 1.21 bits per heavy atom. The summed E-state index contributed by atoms with van der Waals surface area (Å²) in [6.07, 6.45) is 1.32. The maximum absolute atomic E-state index is 11.6. The molecule has 0 bridgehead atoms. The van der Waals surface area contributed by atoms with Crippen molar-refractivity contribution in [1.82, 2.24) is 0 Å². The molecule has 0 spiro atoms. The minimum Gasteiger partial charge on any atom is -0.385 e. The van der Waals surface area contributed by atoms with Crippen LogP contribution in [0.5, 0.6) is 0 Å². The fraction of sp³-hybridized carbons (Fsp3) is 0.900. The highest BCUT2D eigenvalue weighted by molar-refractivity contribution is 5.85. The van der Waals surface area contributed by atoms with Gasteiger partial charge in [0.2, 0.25) is 0 Å². The van der Waals surface area contributed by atoms with Gasteiger partial charge in [0.1, 0.15) is 0 Å². The van der Waals surface area contributed by atoms with Gasteiger partial charge in [-0.2, -0.15) is 0 Å². The standard InChI is InChI=1S/C10H21NO3/c1-8(4-6-13-2)10(12)9(11)5-7-14-3/h8-9H,4-7,11H2,1-3H3. The number of rotatable bonds is 8. The first-order valence-electron chi connectivity index (χ1n) is 4.90. The Kier molecular flexibility index (Phi) is 7.65. The van der Waals surface area contributed by atoms with Crippen LogP contribution in [-0.4, -0.2) is 39.3 Å². The molecule has 0 radical (unpaired) electrons. The average Bonchev–Trinajstić information content (AvgIpc) is 2.21. The molecule has 4 nitrogen and oxygen atoms in total. The summed E-state index contributed by atoms with van der Waals surface area (Å²) in [7, 11) is 3.23. The third-order valence-corrected chi connectivity index (χ3v) is 2.24. The Morgan fingerprint density at radius 2 is 1.71 bits per heavy atom. The first-order valence-corrected chi connectivity index (χ1v) is 4.90. The zero-order valence-electron chi connectivity index (χ0n) is 9.29. The van der Waals surface area contributed by atoms with E-state index in [1.54, 1.807) is 14.2 Å². The van der Waals surface area contributed by atoms with Crippen molar-refractivity contribution in [3.05, 3.63) is 0 Å². The summed E-state index contributed by atoms with van der Waals surface area (Å²) in [6, 6.07) is -0.401. The quantitative estimate of drug-likeness (QED) is 0.627. The summed E-state index contributed by atoms with van der Waals surface area (Å²) in [6.45, 7) is 3.02. The van der Waals surface area contributed by atoms with Crippen molar-refractivity contribution < 1.29 is 14.3 Å². The number of hydrogen-bond donors (Lipinski definition) is 1. The number of carbonyl (C=O) groups excluding carboxylic acids is 1. The van der Waals surface area contributed by atoms with E-state index in [1.165, 1.54) is 0 Å². The van der Waals surface area contributed by atoms with E-state index in [0.717, 1.165) is 6.42 Å². The fourth-order valence-corrected chi connectivity index (χ4v) is 1.19. The summed E-state index contributed by atoms with van der Waals surface area (Å²) >= 11 is 0. The second-order valence-corrected chi connectivity index (χ2v) is 3.47. The second kappa shape index (κ2) is 7.91. The second-order valence-electron chi connectivity index (χ2n) is 3.47. The molecule has 0 aliphatic heterocycles. The summed E-state index contributed by atoms with van der Waals surface area (Å²) < 4.78 is 9.77. The molecule has 14 heavy (non-hydrogen) atoms. The molecule has 0 aliphatic carbocycles. The van der Waals surface area contributed by atoms with Crippen LogP contribution in [0.3, 0.4) is 0 Å². The molecule has 2 atom stereocenters. The van der Waals surface area contributed by atoms with Crippen molar-refractivity contribution >= 4 is 5.78 Å². The lowest BCUT2D eigenvalue weighted by molar-refractivity contribution is -0.124. The van der Waals surface area contributed by atoms with Crippen LogP contribution in [0.15, 0.2) is 0 Å². The van der Waals surface area contributed by atoms with Crippen molar-refractivity contribution in [2.24, 2.45) is 11.7 Å². The van der Waals surface area contributed by atoms with E-state index < -0.39 is 6.04 Å². The Hall–Kier alpha value is -0.450. The smallest absolute Gasteiger partial charge is 0.152 e. The number of hydrogen-bond acceptors (Lipinski definition) is 4. The van der Waals surface area contributed by atoms with Crippen molar-refractivity contribution in [1.29, 1.82) is 0 Å². The van der Waals surface area contributed by atoms with Crippen molar-refractivity contribution in [2.75, 3.05) is 27.4 Å². The first-order chi connectivity index (χ1) is 6.63. The van der Waals surface area contributed by atoms with E-state index in [2.05, 4.69) is 0 Å². The van der Waals surface area contributed by atoms with Gasteiger partial charge in [-0.15, -0.1) is 0 Å². The lowest BCUT2D eigenvalue weighted by Crippen LogP contribution is -2.36. The zero-order valence-corrected chi connectivity index (χ0v) is 9.29. The van der Waals surface area contributed by atoms with Gasteiger partial charge in [-0.05, 0) is 12.8 Å². The Morgan fingerprint density at radius 3 is 2.21 bits per heavy atom. The van der Waals surface area contributed by atoms with E-state index in [4.69, 9.17) is 15.2 Å². The van der Waals surface area contributed by atoms with Gasteiger partial charge in [0.25, 0.3) is 0 Å². The van der Waals surface area contributed by atoms with Crippen LogP contribution >= 0.6 is 0 Å². The zero-order chi connectivity index (χ0) is 11.0. The molecule has 0 aromatic rings. The number of Topliss-reactive ketones (excluding diaryl/α,β-unsaturated/α-hetero) is 1. The lowest BCUT2D eigenvalue weighted by atomic mass is 9.96. The van der Waals surface area contributed by atoms with Gasteiger partial charge < -0.3 is 15.2 Å². The summed E-state index contributed by atoms with van der Waals surface area (Å²) in [5, 5.41) is 0. The molecule has 2 N–H and O–H groups in total. The molecule has 0 amide bonds. The molecule has 84 valence electrons. The van der Waals surface area contributed by atoms with Crippen LogP contribution in [0.1, 0.15) is 19.8 Å². The molecule has 0 heterocycles. The normalized spacial score (nSPS) is 15.1. The Balaban J connectivity index is 3.78. The maximum Gasteiger partial charge on any atom is 0.152 e. The Labute approximate surface area is 85.8 Å². The molecule has 4 heteroatoms. The highest BCUT2D eigenvalue weighted by Crippen LogP contribution is 2.07. The monoisotopic (exact) mass is 203 g/mol. The first kappa shape index (κ1) is 13.5. The van der Waals surface area contributed by atoms with Gasteiger partial charge in [0.05, 0.1) is 6.04 Å². The number of ether oxygens (including phenoxy) is 2. The third kappa shape index (κ3) is 5.32. The predicted octanol–water partition coefficient (Wildman–Crippen LogP) is 0.592. The summed E-state index contributed by atoms with van der Waals surface area (Å²) in [5.41, 5.74) is 5.71. The number of ketones is 1. The van der Waals surface area contributed by atoms with Crippen LogP contribution < -0.4 is 5.73 Å². The van der Waals surface area contributed by atoms with Crippen LogP contribution in [0, 0.1) is 5.92 Å². The van der Waals surface area contributed by atoms with E-state index in [0.29, 0.717) is 19.6 Å². The van der Waals surface area contributed by atoms with Crippen LogP contribution in [0.4, 0.5) is 0 Å². The highest BCUT2D eigenvalue weighted by atomic mass is 16.5. The van der Waals surface area contributed by atoms with E-state index in [-0.39, 0.29) is 11.7 Å². The minimum atomic E-state index is -0.401. The van der Waals surface area contributed by atoms with Gasteiger partial charge in [0, 0.05) is 33.4 Å². The summed E-state index contributed by atoms with van der Waals surface area (Å²) in [4.78, 5) is 11.6. The van der Waals surface area contributed by atoms with Crippen molar-refractivity contribution in [2.45, 2.75) is 25.8 Å². The molecule has 0 aromatic heterocycles. The number of nitrogens with two attached hydrogens (primary N) is 1. The topological polar surface area (TPSA) is 61.5 Å². The van der Waals surface area contributed by atoms with Crippen LogP contribution in [0.2, 0.25) is 0 Å². The van der Waals surface area contributed by atoms with Crippen molar-refractivity contribution in [3.63, 3.8) is 0 Å². The third-order valence-electron chi connectivity index (χ3n) is 2.24. The molecular formula is C10H21NO3. The molecular weight excluding hydrogens is 182 g/mol. The SMILES string of the molecule is COCCC(C)C(=O)C(N)CCOC. The van der Waals surface area contributed by atoms with Gasteiger partial charge in [0.15, 0.2) is 5.78 Å². The number of carbonyl (C=O) groups is 1. The minimum absolute atomic E-state index is 0.0261. The fourth-order valence-electron chi connectivity index (χ4n) is 1.19. The average molecular weight is 203 g/mol. The lowest BCUT2D eigenvalue weighted by Gasteiger charge is -2.15. The molecule has 0 aliphatic rings. The van der Waals surface area contributed by atoms with E-state index in [1.807, 2.05) is 6.92 Å². The van der Waals surface area contributed by atoms with Gasteiger partial charge in [-0.3, -0.25) is 4.79 Å². The predicted molar refractivity (Wildman–Crippen MR) is 55.1 cm³/mol. The van der Waals surface area contributed by atoms with Gasteiger partial charge in [-0.1, -0.05) is 6.92 Å². The maximum atomic E-state index is 11.6. The largest absolute Gasteiger partial charge is 0.385 e. The Bertz CT molecular complexity index is 145. The highest BCUT2D eigenvalue weighted by Gasteiger charge is 2.19. The van der Waals surface area contributed by atoms with Gasteiger partial charge in [-0.25, -0.2) is 0 Å². The molecule has 0 rings (SSSR count). The molecule has 0 fully saturated rings. The van der Waals surface area contributed by atoms with E-state index >= 15 is 0 Å². The van der Waals surface area contributed by atoms with Crippen LogP contribution in [-0.2, 0) is 14.3 Å². The van der Waals surface area contributed by atoms with Crippen molar-refractivity contribution in [3.8, 4) is 0 Å². The molecule has 0 saturated carbocycles.